The van der Waals surface area contributed by atoms with Crippen LogP contribution in [0.5, 0.6) is 0 Å². The molecule has 1 heterocycles. The number of piperazine rings is 1. The zero-order valence-corrected chi connectivity index (χ0v) is 17.8. The lowest BCUT2D eigenvalue weighted by atomic mass is 9.98. The summed E-state index contributed by atoms with van der Waals surface area (Å²) in [5.41, 5.74) is 6.03. The van der Waals surface area contributed by atoms with Crippen molar-refractivity contribution in [2.75, 3.05) is 26.2 Å². The summed E-state index contributed by atoms with van der Waals surface area (Å²) in [5, 5.41) is 0. The van der Waals surface area contributed by atoms with E-state index in [1.807, 2.05) is 25.7 Å². The molecule has 1 saturated heterocycles. The first-order chi connectivity index (χ1) is 13.2. The quantitative estimate of drug-likeness (QED) is 0.749. The van der Waals surface area contributed by atoms with Gasteiger partial charge in [-0.1, -0.05) is 48.0 Å². The molecule has 2 aromatic rings. The summed E-state index contributed by atoms with van der Waals surface area (Å²) >= 11 is 0. The van der Waals surface area contributed by atoms with Crippen LogP contribution < -0.4 is 0 Å². The third kappa shape index (κ3) is 5.35. The van der Waals surface area contributed by atoms with Crippen molar-refractivity contribution >= 4 is 6.09 Å². The first-order valence-corrected chi connectivity index (χ1v) is 10.1. The zero-order valence-electron chi connectivity index (χ0n) is 17.8. The molecule has 2 aromatic carbocycles. The van der Waals surface area contributed by atoms with Crippen LogP contribution in [-0.4, -0.2) is 47.7 Å². The minimum atomic E-state index is -0.440. The van der Waals surface area contributed by atoms with Gasteiger partial charge in [-0.05, 0) is 56.9 Å². The monoisotopic (exact) mass is 380 g/mol. The summed E-state index contributed by atoms with van der Waals surface area (Å²) in [4.78, 5) is 16.4. The van der Waals surface area contributed by atoms with E-state index in [4.69, 9.17) is 4.74 Å². The molecular weight excluding hydrogens is 348 g/mol. The van der Waals surface area contributed by atoms with Crippen LogP contribution in [0.4, 0.5) is 4.79 Å². The Morgan fingerprint density at radius 2 is 1.64 bits per heavy atom. The summed E-state index contributed by atoms with van der Waals surface area (Å²) in [7, 11) is 0. The highest BCUT2D eigenvalue weighted by atomic mass is 16.6. The minimum Gasteiger partial charge on any atom is -0.444 e. The Bertz CT molecular complexity index is 831. The Balaban J connectivity index is 1.59. The molecule has 0 aliphatic carbocycles. The van der Waals surface area contributed by atoms with E-state index in [1.54, 1.807) is 0 Å². The fourth-order valence-electron chi connectivity index (χ4n) is 3.53. The maximum Gasteiger partial charge on any atom is 0.410 e. The smallest absolute Gasteiger partial charge is 0.410 e. The van der Waals surface area contributed by atoms with E-state index in [0.29, 0.717) is 0 Å². The zero-order chi connectivity index (χ0) is 20.3. The van der Waals surface area contributed by atoms with Crippen molar-refractivity contribution in [3.05, 3.63) is 59.2 Å². The van der Waals surface area contributed by atoms with Gasteiger partial charge in [-0.2, -0.15) is 0 Å². The highest BCUT2D eigenvalue weighted by molar-refractivity contribution is 5.68. The molecule has 1 fully saturated rings. The van der Waals surface area contributed by atoms with Gasteiger partial charge in [0.05, 0.1) is 0 Å². The van der Waals surface area contributed by atoms with E-state index >= 15 is 0 Å². The molecule has 0 bridgehead atoms. The molecule has 0 unspecified atom stereocenters. The van der Waals surface area contributed by atoms with E-state index in [0.717, 1.165) is 32.7 Å². The van der Waals surface area contributed by atoms with Crippen LogP contribution in [0.3, 0.4) is 0 Å². The highest BCUT2D eigenvalue weighted by Crippen LogP contribution is 2.24. The molecule has 0 radical (unpaired) electrons. The first kappa shape index (κ1) is 20.4. The number of rotatable bonds is 3. The van der Waals surface area contributed by atoms with Gasteiger partial charge in [-0.25, -0.2) is 4.79 Å². The molecule has 0 N–H and O–H groups in total. The third-order valence-corrected chi connectivity index (χ3v) is 5.11. The van der Waals surface area contributed by atoms with Gasteiger partial charge in [-0.3, -0.25) is 4.90 Å². The molecule has 0 aromatic heterocycles. The molecule has 1 aliphatic heterocycles. The number of amides is 1. The highest BCUT2D eigenvalue weighted by Gasteiger charge is 2.25. The fourth-order valence-corrected chi connectivity index (χ4v) is 3.53. The third-order valence-electron chi connectivity index (χ3n) is 5.11. The topological polar surface area (TPSA) is 32.8 Å². The predicted octanol–water partition coefficient (Wildman–Crippen LogP) is 5.02. The summed E-state index contributed by atoms with van der Waals surface area (Å²) in [6, 6.07) is 15.4. The Kier molecular flexibility index (Phi) is 6.09. The number of hydrogen-bond acceptors (Lipinski definition) is 3. The number of hydrogen-bond donors (Lipinski definition) is 0. The van der Waals surface area contributed by atoms with Crippen LogP contribution >= 0.6 is 0 Å². The van der Waals surface area contributed by atoms with E-state index in [9.17, 15) is 4.79 Å². The van der Waals surface area contributed by atoms with Crippen molar-refractivity contribution in [2.24, 2.45) is 0 Å². The van der Waals surface area contributed by atoms with Crippen molar-refractivity contribution in [3.63, 3.8) is 0 Å². The number of ether oxygens (including phenoxy) is 1. The van der Waals surface area contributed by atoms with E-state index in [2.05, 4.69) is 61.2 Å². The van der Waals surface area contributed by atoms with Crippen molar-refractivity contribution in [2.45, 2.75) is 46.8 Å². The Morgan fingerprint density at radius 1 is 0.964 bits per heavy atom. The predicted molar refractivity (Wildman–Crippen MR) is 114 cm³/mol. The molecule has 28 heavy (non-hydrogen) atoms. The van der Waals surface area contributed by atoms with Crippen molar-refractivity contribution in [1.29, 1.82) is 0 Å². The van der Waals surface area contributed by atoms with Gasteiger partial charge in [0, 0.05) is 32.7 Å². The Hall–Kier alpha value is -2.33. The normalized spacial score (nSPS) is 15.5. The average Bonchev–Trinajstić information content (AvgIpc) is 2.62. The molecule has 0 atom stereocenters. The molecule has 4 heteroatoms. The lowest BCUT2D eigenvalue weighted by molar-refractivity contribution is 0.0139. The van der Waals surface area contributed by atoms with Gasteiger partial charge in [0.25, 0.3) is 0 Å². The molecule has 150 valence electrons. The lowest BCUT2D eigenvalue weighted by Gasteiger charge is -2.35. The van der Waals surface area contributed by atoms with Gasteiger partial charge in [0.1, 0.15) is 5.60 Å². The van der Waals surface area contributed by atoms with Gasteiger partial charge in [0.15, 0.2) is 0 Å². The molecule has 0 saturated carbocycles. The lowest BCUT2D eigenvalue weighted by Crippen LogP contribution is -2.49. The SMILES string of the molecule is Cc1cccc(-c2ccc(CN3CCN(C(=O)OC(C)(C)C)CC3)c(C)c2)c1. The number of carbonyl (C=O) groups is 1. The Morgan fingerprint density at radius 3 is 2.25 bits per heavy atom. The standard InChI is InChI=1S/C24H32N2O2/c1-18-7-6-8-20(15-18)21-9-10-22(19(2)16-21)17-25-11-13-26(14-12-25)23(27)28-24(3,4)5/h6-10,15-16H,11-14,17H2,1-5H3. The van der Waals surface area contributed by atoms with Crippen molar-refractivity contribution < 1.29 is 9.53 Å². The minimum absolute atomic E-state index is 0.203. The number of carbonyl (C=O) groups excluding carboxylic acids is 1. The molecule has 3 rings (SSSR count). The van der Waals surface area contributed by atoms with Gasteiger partial charge < -0.3 is 9.64 Å². The first-order valence-electron chi connectivity index (χ1n) is 10.1. The van der Waals surface area contributed by atoms with Crippen molar-refractivity contribution in [1.82, 2.24) is 9.80 Å². The van der Waals surface area contributed by atoms with Gasteiger partial charge >= 0.3 is 6.09 Å². The molecule has 4 nitrogen and oxygen atoms in total. The second kappa shape index (κ2) is 8.36. The van der Waals surface area contributed by atoms with Crippen molar-refractivity contribution in [3.8, 4) is 11.1 Å². The number of aryl methyl sites for hydroxylation is 2. The maximum absolute atomic E-state index is 12.2. The van der Waals surface area contributed by atoms with Crippen LogP contribution in [0, 0.1) is 13.8 Å². The maximum atomic E-state index is 12.2. The van der Waals surface area contributed by atoms with E-state index in [1.165, 1.54) is 27.8 Å². The number of benzene rings is 2. The van der Waals surface area contributed by atoms with Gasteiger partial charge in [-0.15, -0.1) is 0 Å². The summed E-state index contributed by atoms with van der Waals surface area (Å²) < 4.78 is 5.48. The summed E-state index contributed by atoms with van der Waals surface area (Å²) in [5.74, 6) is 0. The largest absolute Gasteiger partial charge is 0.444 e. The molecule has 1 aliphatic rings. The van der Waals surface area contributed by atoms with Crippen LogP contribution in [0.15, 0.2) is 42.5 Å². The molecular formula is C24H32N2O2. The van der Waals surface area contributed by atoms with Crippen LogP contribution in [-0.2, 0) is 11.3 Å². The van der Waals surface area contributed by atoms with Crippen LogP contribution in [0.2, 0.25) is 0 Å². The van der Waals surface area contributed by atoms with Gasteiger partial charge in [0.2, 0.25) is 0 Å². The van der Waals surface area contributed by atoms with E-state index < -0.39 is 5.60 Å². The second-order valence-corrected chi connectivity index (χ2v) is 8.75. The average molecular weight is 381 g/mol. The number of nitrogens with zero attached hydrogens (tertiary/aromatic N) is 2. The fraction of sp³-hybridized carbons (Fsp3) is 0.458. The summed E-state index contributed by atoms with van der Waals surface area (Å²) in [6.45, 7) is 14.1. The van der Waals surface area contributed by atoms with Crippen LogP contribution in [0.1, 0.15) is 37.5 Å². The molecule has 1 amide bonds. The Labute approximate surface area is 169 Å². The molecule has 0 spiro atoms. The summed E-state index contributed by atoms with van der Waals surface area (Å²) in [6.07, 6.45) is -0.203. The van der Waals surface area contributed by atoms with E-state index in [-0.39, 0.29) is 6.09 Å². The second-order valence-electron chi connectivity index (χ2n) is 8.75. The van der Waals surface area contributed by atoms with Crippen LogP contribution in [0.25, 0.3) is 11.1 Å².